The van der Waals surface area contributed by atoms with E-state index >= 15 is 0 Å². The van der Waals surface area contributed by atoms with Crippen molar-refractivity contribution in [1.82, 2.24) is 0 Å². The van der Waals surface area contributed by atoms with E-state index in [0.29, 0.717) is 12.5 Å². The summed E-state index contributed by atoms with van der Waals surface area (Å²) in [4.78, 5) is 0. The molecule has 1 saturated heterocycles. The smallest absolute Gasteiger partial charge is 0.162 e. The lowest BCUT2D eigenvalue weighted by Crippen LogP contribution is -2.26. The molecule has 2 atom stereocenters. The zero-order valence-corrected chi connectivity index (χ0v) is 11.6. The number of ether oxygens (including phenoxy) is 3. The Morgan fingerprint density at radius 2 is 2.21 bits per heavy atom. The molecule has 0 aliphatic carbocycles. The minimum absolute atomic E-state index is 0.126. The Bertz CT molecular complexity index is 397. The Morgan fingerprint density at radius 1 is 1.37 bits per heavy atom. The van der Waals surface area contributed by atoms with Crippen LogP contribution in [0.1, 0.15) is 25.3 Å². The standard InChI is InChI=1S/C8H8O2.C7H14O2/c1-9-7-3-2-6-4-8(7)10-5-6;1-6-2-3-7(4-8)9-5-6/h2-4H,5H2,1H3;6-8H,2-5H2,1H3. The number of rotatable bonds is 2. The molecule has 0 aromatic heterocycles. The highest BCUT2D eigenvalue weighted by atomic mass is 16.5. The second kappa shape index (κ2) is 6.78. The fourth-order valence-corrected chi connectivity index (χ4v) is 2.17. The molecular weight excluding hydrogens is 244 g/mol. The topological polar surface area (TPSA) is 47.9 Å². The van der Waals surface area contributed by atoms with Gasteiger partial charge in [-0.15, -0.1) is 0 Å². The summed E-state index contributed by atoms with van der Waals surface area (Å²) in [5.74, 6) is 2.37. The number of hydrogen-bond donors (Lipinski definition) is 1. The van der Waals surface area contributed by atoms with E-state index in [0.717, 1.165) is 24.5 Å². The molecule has 1 fully saturated rings. The van der Waals surface area contributed by atoms with Crippen LogP contribution in [0.5, 0.6) is 11.5 Å². The van der Waals surface area contributed by atoms with Crippen molar-refractivity contribution < 1.29 is 19.3 Å². The molecule has 0 spiro atoms. The highest BCUT2D eigenvalue weighted by molar-refractivity contribution is 5.45. The third kappa shape index (κ3) is 3.85. The van der Waals surface area contributed by atoms with E-state index in [9.17, 15) is 0 Å². The van der Waals surface area contributed by atoms with Gasteiger partial charge in [-0.2, -0.15) is 0 Å². The lowest BCUT2D eigenvalue weighted by Gasteiger charge is -2.24. The van der Waals surface area contributed by atoms with Gasteiger partial charge in [0.1, 0.15) is 6.61 Å². The Kier molecular flexibility index (Phi) is 5.05. The quantitative estimate of drug-likeness (QED) is 0.893. The molecule has 3 rings (SSSR count). The van der Waals surface area contributed by atoms with Gasteiger partial charge < -0.3 is 19.3 Å². The van der Waals surface area contributed by atoms with Gasteiger partial charge in [0.05, 0.1) is 19.8 Å². The molecule has 2 bridgehead atoms. The molecule has 1 aromatic carbocycles. The third-order valence-electron chi connectivity index (χ3n) is 3.42. The second-order valence-electron chi connectivity index (χ2n) is 5.09. The molecule has 1 N–H and O–H groups in total. The minimum atomic E-state index is 0.126. The Balaban J connectivity index is 0.000000141. The van der Waals surface area contributed by atoms with Crippen LogP contribution in [0.25, 0.3) is 0 Å². The van der Waals surface area contributed by atoms with Crippen molar-refractivity contribution in [1.29, 1.82) is 0 Å². The van der Waals surface area contributed by atoms with Gasteiger partial charge in [0.15, 0.2) is 11.5 Å². The molecule has 4 heteroatoms. The van der Waals surface area contributed by atoms with Crippen molar-refractivity contribution in [3.8, 4) is 11.5 Å². The lowest BCUT2D eigenvalue weighted by molar-refractivity contribution is -0.0386. The molecule has 106 valence electrons. The van der Waals surface area contributed by atoms with Crippen LogP contribution in [0, 0.1) is 5.92 Å². The van der Waals surface area contributed by atoms with Crippen LogP contribution in [0.3, 0.4) is 0 Å². The molecule has 2 aliphatic rings. The zero-order chi connectivity index (χ0) is 13.7. The third-order valence-corrected chi connectivity index (χ3v) is 3.42. The van der Waals surface area contributed by atoms with Gasteiger partial charge in [-0.1, -0.05) is 13.0 Å². The van der Waals surface area contributed by atoms with E-state index in [1.54, 1.807) is 7.11 Å². The first-order chi connectivity index (χ1) is 9.22. The van der Waals surface area contributed by atoms with Gasteiger partial charge in [-0.25, -0.2) is 0 Å². The van der Waals surface area contributed by atoms with Crippen LogP contribution >= 0.6 is 0 Å². The van der Waals surface area contributed by atoms with Crippen molar-refractivity contribution in [2.24, 2.45) is 5.92 Å². The Hall–Kier alpha value is -1.26. The van der Waals surface area contributed by atoms with Crippen molar-refractivity contribution in [3.63, 3.8) is 0 Å². The van der Waals surface area contributed by atoms with Gasteiger partial charge in [-0.3, -0.25) is 0 Å². The van der Waals surface area contributed by atoms with Crippen molar-refractivity contribution in [3.05, 3.63) is 23.8 Å². The molecule has 2 heterocycles. The van der Waals surface area contributed by atoms with E-state index < -0.39 is 0 Å². The average molecular weight is 266 g/mol. The number of aliphatic hydroxyl groups excluding tert-OH is 1. The van der Waals surface area contributed by atoms with Crippen LogP contribution < -0.4 is 9.47 Å². The summed E-state index contributed by atoms with van der Waals surface area (Å²) in [5, 5.41) is 8.65. The average Bonchev–Trinajstić information content (AvgIpc) is 2.83. The van der Waals surface area contributed by atoms with Gasteiger partial charge in [0, 0.05) is 6.61 Å². The first kappa shape index (κ1) is 14.2. The summed E-state index contributed by atoms with van der Waals surface area (Å²) in [7, 11) is 1.65. The van der Waals surface area contributed by atoms with Gasteiger partial charge in [0.25, 0.3) is 0 Å². The molecule has 2 aliphatic heterocycles. The summed E-state index contributed by atoms with van der Waals surface area (Å²) < 4.78 is 15.6. The summed E-state index contributed by atoms with van der Waals surface area (Å²) >= 11 is 0. The second-order valence-corrected chi connectivity index (χ2v) is 5.09. The highest BCUT2D eigenvalue weighted by Gasteiger charge is 2.16. The molecule has 2 unspecified atom stereocenters. The predicted molar refractivity (Wildman–Crippen MR) is 72.5 cm³/mol. The van der Waals surface area contributed by atoms with Crippen LogP contribution in [-0.2, 0) is 11.3 Å². The van der Waals surface area contributed by atoms with E-state index in [1.165, 1.54) is 12.0 Å². The van der Waals surface area contributed by atoms with E-state index in [-0.39, 0.29) is 12.7 Å². The van der Waals surface area contributed by atoms with Crippen LogP contribution in [0.4, 0.5) is 0 Å². The number of fused-ring (bicyclic) bond motifs is 2. The van der Waals surface area contributed by atoms with Crippen molar-refractivity contribution >= 4 is 0 Å². The molecule has 0 amide bonds. The number of aliphatic hydroxyl groups is 1. The first-order valence-electron chi connectivity index (χ1n) is 6.75. The fourth-order valence-electron chi connectivity index (χ4n) is 2.17. The van der Waals surface area contributed by atoms with E-state index in [4.69, 9.17) is 19.3 Å². The molecule has 0 saturated carbocycles. The maximum Gasteiger partial charge on any atom is 0.162 e. The Labute approximate surface area is 114 Å². The fraction of sp³-hybridized carbons (Fsp3) is 0.600. The van der Waals surface area contributed by atoms with Gasteiger partial charge in [0.2, 0.25) is 0 Å². The summed E-state index contributed by atoms with van der Waals surface area (Å²) in [5.41, 5.74) is 1.22. The van der Waals surface area contributed by atoms with Crippen LogP contribution in [0.2, 0.25) is 0 Å². The maximum atomic E-state index is 8.65. The maximum absolute atomic E-state index is 8.65. The molecule has 19 heavy (non-hydrogen) atoms. The molecule has 1 aromatic rings. The zero-order valence-electron chi connectivity index (χ0n) is 11.6. The normalized spacial score (nSPS) is 24.2. The summed E-state index contributed by atoms with van der Waals surface area (Å²) in [6, 6.07) is 5.94. The summed E-state index contributed by atoms with van der Waals surface area (Å²) in [6.07, 6.45) is 2.35. The number of methoxy groups -OCH3 is 1. The van der Waals surface area contributed by atoms with Crippen LogP contribution in [0.15, 0.2) is 18.2 Å². The van der Waals surface area contributed by atoms with Crippen molar-refractivity contribution in [2.45, 2.75) is 32.5 Å². The first-order valence-corrected chi connectivity index (χ1v) is 6.75. The molecule has 4 nitrogen and oxygen atoms in total. The monoisotopic (exact) mass is 266 g/mol. The van der Waals surface area contributed by atoms with Gasteiger partial charge in [-0.05, 0) is 36.5 Å². The van der Waals surface area contributed by atoms with Crippen molar-refractivity contribution in [2.75, 3.05) is 20.3 Å². The number of hydrogen-bond acceptors (Lipinski definition) is 4. The highest BCUT2D eigenvalue weighted by Crippen LogP contribution is 2.33. The predicted octanol–water partition coefficient (Wildman–Crippen LogP) is 2.38. The van der Waals surface area contributed by atoms with E-state index in [1.807, 2.05) is 18.2 Å². The number of benzene rings is 1. The molecule has 0 radical (unpaired) electrons. The minimum Gasteiger partial charge on any atom is -0.493 e. The Morgan fingerprint density at radius 3 is 2.84 bits per heavy atom. The van der Waals surface area contributed by atoms with E-state index in [2.05, 4.69) is 6.92 Å². The van der Waals surface area contributed by atoms with Crippen LogP contribution in [-0.4, -0.2) is 31.5 Å². The SMILES string of the molecule is CC1CCC(CO)OC1.COc1ccc2cc1OC2. The lowest BCUT2D eigenvalue weighted by atomic mass is 10.0. The summed E-state index contributed by atoms with van der Waals surface area (Å²) in [6.45, 7) is 3.88. The molecular formula is C15H22O4. The van der Waals surface area contributed by atoms with Gasteiger partial charge >= 0.3 is 0 Å². The largest absolute Gasteiger partial charge is 0.493 e.